The highest BCUT2D eigenvalue weighted by atomic mass is 127. The second kappa shape index (κ2) is 10.6. The summed E-state index contributed by atoms with van der Waals surface area (Å²) in [4.78, 5) is 14.7. The van der Waals surface area contributed by atoms with Gasteiger partial charge in [-0.25, -0.2) is 15.0 Å². The van der Waals surface area contributed by atoms with E-state index in [0.29, 0.717) is 6.54 Å². The quantitative estimate of drug-likeness (QED) is 0.198. The van der Waals surface area contributed by atoms with Gasteiger partial charge in [-0.15, -0.1) is 35.3 Å². The van der Waals surface area contributed by atoms with Crippen LogP contribution >= 0.6 is 46.7 Å². The summed E-state index contributed by atoms with van der Waals surface area (Å²) in [6, 6.07) is 8.17. The zero-order chi connectivity index (χ0) is 17.5. The van der Waals surface area contributed by atoms with Crippen LogP contribution in [0.1, 0.15) is 16.8 Å². The molecule has 2 aromatic heterocycles. The fourth-order valence-corrected chi connectivity index (χ4v) is 3.86. The third kappa shape index (κ3) is 6.06. The van der Waals surface area contributed by atoms with Crippen LogP contribution < -0.4 is 16.0 Å². The Morgan fingerprint density at radius 1 is 1.15 bits per heavy atom. The molecule has 0 aliphatic rings. The van der Waals surface area contributed by atoms with Gasteiger partial charge in [0, 0.05) is 30.7 Å². The van der Waals surface area contributed by atoms with E-state index in [1.165, 1.54) is 9.58 Å². The smallest absolute Gasteiger partial charge is 0.191 e. The van der Waals surface area contributed by atoms with Crippen molar-refractivity contribution < 1.29 is 0 Å². The number of aromatic nitrogens is 2. The van der Waals surface area contributed by atoms with Crippen LogP contribution in [0.3, 0.4) is 0 Å². The van der Waals surface area contributed by atoms with Crippen LogP contribution in [0.4, 0.5) is 5.13 Å². The third-order valence-electron chi connectivity index (χ3n) is 3.37. The predicted molar refractivity (Wildman–Crippen MR) is 123 cm³/mol. The van der Waals surface area contributed by atoms with Gasteiger partial charge in [0.05, 0.1) is 16.8 Å². The number of aliphatic imine (C=N–C) groups is 1. The van der Waals surface area contributed by atoms with E-state index in [2.05, 4.69) is 50.8 Å². The second-order valence-electron chi connectivity index (χ2n) is 5.40. The minimum absolute atomic E-state index is 0. The first-order chi connectivity index (χ1) is 12.2. The Kier molecular flexibility index (Phi) is 8.52. The third-order valence-corrected chi connectivity index (χ3v) is 5.26. The number of hydrogen-bond acceptors (Lipinski definition) is 6. The van der Waals surface area contributed by atoms with Crippen LogP contribution in [-0.2, 0) is 6.54 Å². The lowest BCUT2D eigenvalue weighted by molar-refractivity contribution is 0.818. The first-order valence-corrected chi connectivity index (χ1v) is 9.91. The number of halogens is 1. The van der Waals surface area contributed by atoms with Gasteiger partial charge in [-0.3, -0.25) is 0 Å². The van der Waals surface area contributed by atoms with Crippen LogP contribution in [0, 0.1) is 6.92 Å². The molecule has 26 heavy (non-hydrogen) atoms. The fraction of sp³-hybridized carbons (Fsp3) is 0.353. The number of aryl methyl sites for hydroxylation is 1. The number of nitrogens with zero attached hydrogens (tertiary/aromatic N) is 3. The van der Waals surface area contributed by atoms with Gasteiger partial charge in [0.2, 0.25) is 0 Å². The van der Waals surface area contributed by atoms with E-state index in [1.807, 2.05) is 24.4 Å². The number of benzene rings is 1. The van der Waals surface area contributed by atoms with Crippen molar-refractivity contribution in [3.05, 3.63) is 40.3 Å². The molecule has 0 aliphatic heterocycles. The summed E-state index contributed by atoms with van der Waals surface area (Å²) in [5, 5.41) is 11.9. The van der Waals surface area contributed by atoms with Crippen LogP contribution in [0.25, 0.3) is 10.2 Å². The number of para-hydroxylation sites is 1. The Morgan fingerprint density at radius 2 is 2.00 bits per heavy atom. The molecule has 140 valence electrons. The average Bonchev–Trinajstić information content (AvgIpc) is 3.21. The van der Waals surface area contributed by atoms with Crippen LogP contribution in [-0.4, -0.2) is 35.6 Å². The number of hydrogen-bond donors (Lipinski definition) is 3. The maximum absolute atomic E-state index is 4.58. The molecule has 6 nitrogen and oxygen atoms in total. The van der Waals surface area contributed by atoms with Crippen LogP contribution in [0.5, 0.6) is 0 Å². The Morgan fingerprint density at radius 3 is 2.73 bits per heavy atom. The van der Waals surface area contributed by atoms with Crippen molar-refractivity contribution in [2.75, 3.05) is 25.0 Å². The number of guanidine groups is 1. The normalized spacial score (nSPS) is 11.2. The Hall–Kier alpha value is -1.46. The fourth-order valence-electron chi connectivity index (χ4n) is 2.26. The summed E-state index contributed by atoms with van der Waals surface area (Å²) in [6.07, 6.45) is 1.89. The summed E-state index contributed by atoms with van der Waals surface area (Å²) in [5.74, 6) is 0.807. The largest absolute Gasteiger partial charge is 0.360 e. The Labute approximate surface area is 178 Å². The van der Waals surface area contributed by atoms with E-state index in [9.17, 15) is 0 Å². The maximum Gasteiger partial charge on any atom is 0.191 e. The van der Waals surface area contributed by atoms with Gasteiger partial charge in [-0.1, -0.05) is 23.5 Å². The number of rotatable bonds is 7. The van der Waals surface area contributed by atoms with Gasteiger partial charge in [-0.05, 0) is 26.0 Å². The molecule has 0 atom stereocenters. The van der Waals surface area contributed by atoms with Gasteiger partial charge in [0.1, 0.15) is 5.01 Å². The lowest BCUT2D eigenvalue weighted by Gasteiger charge is -2.11. The molecular formula is C17H23IN6S2. The van der Waals surface area contributed by atoms with E-state index in [1.54, 1.807) is 22.7 Å². The molecule has 0 saturated heterocycles. The molecule has 0 radical (unpaired) electrons. The molecule has 3 rings (SSSR count). The highest BCUT2D eigenvalue weighted by molar-refractivity contribution is 14.0. The zero-order valence-electron chi connectivity index (χ0n) is 14.8. The average molecular weight is 502 g/mol. The predicted octanol–water partition coefficient (Wildman–Crippen LogP) is 3.85. The number of fused-ring (bicyclic) bond motifs is 1. The van der Waals surface area contributed by atoms with E-state index >= 15 is 0 Å². The Balaban J connectivity index is 0.00000243. The molecule has 3 N–H and O–H groups in total. The zero-order valence-corrected chi connectivity index (χ0v) is 18.7. The van der Waals surface area contributed by atoms with Crippen LogP contribution in [0.15, 0.2) is 35.5 Å². The lowest BCUT2D eigenvalue weighted by Crippen LogP contribution is -2.39. The molecule has 0 amide bonds. The number of thiazole rings is 2. The Bertz CT molecular complexity index is 812. The van der Waals surface area contributed by atoms with Crippen molar-refractivity contribution in [1.82, 2.24) is 20.6 Å². The molecular weight excluding hydrogens is 479 g/mol. The minimum Gasteiger partial charge on any atom is -0.360 e. The summed E-state index contributed by atoms with van der Waals surface area (Å²) >= 11 is 3.36. The second-order valence-corrected chi connectivity index (χ2v) is 7.75. The molecule has 0 fully saturated rings. The van der Waals surface area contributed by atoms with Gasteiger partial charge in [0.15, 0.2) is 11.1 Å². The minimum atomic E-state index is 0. The highest BCUT2D eigenvalue weighted by Gasteiger charge is 2.03. The number of anilines is 1. The summed E-state index contributed by atoms with van der Waals surface area (Å²) in [5.41, 5.74) is 1.04. The van der Waals surface area contributed by atoms with Crippen molar-refractivity contribution in [1.29, 1.82) is 0 Å². The summed E-state index contributed by atoms with van der Waals surface area (Å²) < 4.78 is 1.20. The monoisotopic (exact) mass is 502 g/mol. The van der Waals surface area contributed by atoms with Crippen molar-refractivity contribution in [2.45, 2.75) is 20.4 Å². The van der Waals surface area contributed by atoms with Crippen molar-refractivity contribution >= 4 is 68.0 Å². The SMILES string of the molecule is CCNC(=NCc1ncc(C)s1)NCCNc1nc2ccccc2s1.I. The van der Waals surface area contributed by atoms with Gasteiger partial charge >= 0.3 is 0 Å². The molecule has 0 unspecified atom stereocenters. The van der Waals surface area contributed by atoms with E-state index in [4.69, 9.17) is 0 Å². The molecule has 2 heterocycles. The van der Waals surface area contributed by atoms with E-state index < -0.39 is 0 Å². The standard InChI is InChI=1S/C17H22N6S2.HI/c1-3-18-16(22-11-15-21-10-12(2)24-15)19-8-9-20-17-23-13-6-4-5-7-14(13)25-17;/h4-7,10H,3,8-9,11H2,1-2H3,(H,20,23)(H2,18,19,22);1H. The first-order valence-electron chi connectivity index (χ1n) is 8.27. The molecule has 0 bridgehead atoms. The molecule has 0 saturated carbocycles. The van der Waals surface area contributed by atoms with Gasteiger partial charge < -0.3 is 16.0 Å². The van der Waals surface area contributed by atoms with E-state index in [-0.39, 0.29) is 24.0 Å². The summed E-state index contributed by atoms with van der Waals surface area (Å²) in [6.45, 7) is 7.08. The molecule has 0 spiro atoms. The molecule has 3 aromatic rings. The molecule has 9 heteroatoms. The van der Waals surface area contributed by atoms with Crippen molar-refractivity contribution in [2.24, 2.45) is 4.99 Å². The summed E-state index contributed by atoms with van der Waals surface area (Å²) in [7, 11) is 0. The van der Waals surface area contributed by atoms with Crippen molar-refractivity contribution in [3.63, 3.8) is 0 Å². The highest BCUT2D eigenvalue weighted by Crippen LogP contribution is 2.24. The molecule has 0 aliphatic carbocycles. The maximum atomic E-state index is 4.58. The number of nitrogens with one attached hydrogen (secondary N) is 3. The van der Waals surface area contributed by atoms with Crippen LogP contribution in [0.2, 0.25) is 0 Å². The van der Waals surface area contributed by atoms with E-state index in [0.717, 1.165) is 41.2 Å². The lowest BCUT2D eigenvalue weighted by atomic mass is 10.3. The van der Waals surface area contributed by atoms with Gasteiger partial charge in [0.25, 0.3) is 0 Å². The van der Waals surface area contributed by atoms with Gasteiger partial charge in [-0.2, -0.15) is 0 Å². The topological polar surface area (TPSA) is 74.2 Å². The first kappa shape index (κ1) is 20.8. The van der Waals surface area contributed by atoms with Crippen molar-refractivity contribution in [3.8, 4) is 0 Å². The molecule has 1 aromatic carbocycles.